The SMILES string of the molecule is COC(=O)c1ccc(-c2cncc3cc(/C=C4\SC(=O)NC4=O)oc23)cc1OC. The lowest BCUT2D eigenvalue weighted by atomic mass is 10.0. The van der Waals surface area contributed by atoms with E-state index in [1.54, 1.807) is 36.7 Å². The summed E-state index contributed by atoms with van der Waals surface area (Å²) in [6, 6.07) is 6.78. The molecule has 2 aromatic heterocycles. The fraction of sp³-hybridized carbons (Fsp3) is 0.100. The number of nitrogens with one attached hydrogen (secondary N) is 1. The molecule has 0 aliphatic carbocycles. The van der Waals surface area contributed by atoms with Crippen LogP contribution < -0.4 is 10.1 Å². The van der Waals surface area contributed by atoms with Crippen LogP contribution in [0.4, 0.5) is 4.79 Å². The van der Waals surface area contributed by atoms with Gasteiger partial charge in [0.1, 0.15) is 22.7 Å². The Balaban J connectivity index is 1.78. The van der Waals surface area contributed by atoms with Gasteiger partial charge < -0.3 is 13.9 Å². The highest BCUT2D eigenvalue weighted by molar-refractivity contribution is 8.18. The van der Waals surface area contributed by atoms with E-state index < -0.39 is 17.1 Å². The van der Waals surface area contributed by atoms with Crippen molar-refractivity contribution in [3.05, 3.63) is 52.9 Å². The summed E-state index contributed by atoms with van der Waals surface area (Å²) >= 11 is 0.816. The van der Waals surface area contributed by atoms with Crippen LogP contribution >= 0.6 is 11.8 Å². The molecule has 1 saturated heterocycles. The van der Waals surface area contributed by atoms with Gasteiger partial charge in [-0.15, -0.1) is 0 Å². The van der Waals surface area contributed by atoms with Crippen molar-refractivity contribution in [1.82, 2.24) is 10.3 Å². The highest BCUT2D eigenvalue weighted by atomic mass is 32.2. The summed E-state index contributed by atoms with van der Waals surface area (Å²) < 4.78 is 16.0. The number of esters is 1. The Labute approximate surface area is 168 Å². The standard InChI is InChI=1S/C20H14N2O6S/c1-26-15-6-10(3-4-13(15)19(24)27-2)14-9-21-8-11-5-12(28-17(11)14)7-16-18(23)22-20(25)29-16/h3-9H,1-2H3,(H,22,23,25)/b16-7-. The zero-order valence-corrected chi connectivity index (χ0v) is 16.2. The third-order valence-corrected chi connectivity index (χ3v) is 5.09. The molecule has 0 spiro atoms. The Kier molecular flexibility index (Phi) is 4.81. The number of pyridine rings is 1. The largest absolute Gasteiger partial charge is 0.496 e. The number of nitrogens with zero attached hydrogens (tertiary/aromatic N) is 1. The first-order valence-corrected chi connectivity index (χ1v) is 9.21. The van der Waals surface area contributed by atoms with E-state index in [0.29, 0.717) is 28.2 Å². The molecular formula is C20H14N2O6S. The summed E-state index contributed by atoms with van der Waals surface area (Å²) in [5.41, 5.74) is 2.26. The van der Waals surface area contributed by atoms with E-state index in [1.165, 1.54) is 20.3 Å². The van der Waals surface area contributed by atoms with Gasteiger partial charge in [-0.25, -0.2) is 4.79 Å². The average Bonchev–Trinajstić information content (AvgIpc) is 3.28. The predicted molar refractivity (Wildman–Crippen MR) is 106 cm³/mol. The van der Waals surface area contributed by atoms with E-state index >= 15 is 0 Å². The van der Waals surface area contributed by atoms with E-state index in [0.717, 1.165) is 22.7 Å². The topological polar surface area (TPSA) is 108 Å². The minimum Gasteiger partial charge on any atom is -0.496 e. The van der Waals surface area contributed by atoms with Gasteiger partial charge in [0.15, 0.2) is 0 Å². The third-order valence-electron chi connectivity index (χ3n) is 4.27. The van der Waals surface area contributed by atoms with Gasteiger partial charge in [0.2, 0.25) is 0 Å². The molecule has 146 valence electrons. The fourth-order valence-electron chi connectivity index (χ4n) is 2.95. The smallest absolute Gasteiger partial charge is 0.341 e. The minimum absolute atomic E-state index is 0.257. The van der Waals surface area contributed by atoms with Gasteiger partial charge >= 0.3 is 5.97 Å². The van der Waals surface area contributed by atoms with Crippen LogP contribution in [0.1, 0.15) is 16.1 Å². The Hall–Kier alpha value is -3.59. The lowest BCUT2D eigenvalue weighted by molar-refractivity contribution is -0.115. The number of fused-ring (bicyclic) bond motifs is 1. The molecule has 0 bridgehead atoms. The molecule has 1 aliphatic heterocycles. The molecule has 0 radical (unpaired) electrons. The summed E-state index contributed by atoms with van der Waals surface area (Å²) in [6.07, 6.45) is 4.78. The van der Waals surface area contributed by atoms with Crippen LogP contribution in [0.2, 0.25) is 0 Å². The number of benzene rings is 1. The Morgan fingerprint density at radius 3 is 2.72 bits per heavy atom. The molecule has 0 atom stereocenters. The summed E-state index contributed by atoms with van der Waals surface area (Å²) in [4.78, 5) is 39.4. The maximum atomic E-state index is 11.9. The second kappa shape index (κ2) is 7.44. The molecule has 4 rings (SSSR count). The van der Waals surface area contributed by atoms with Crippen molar-refractivity contribution in [3.8, 4) is 16.9 Å². The van der Waals surface area contributed by atoms with Crippen LogP contribution in [0.15, 0.2) is 46.0 Å². The predicted octanol–water partition coefficient (Wildman–Crippen LogP) is 3.61. The number of hydrogen-bond donors (Lipinski definition) is 1. The second-order valence-electron chi connectivity index (χ2n) is 6.01. The second-order valence-corrected chi connectivity index (χ2v) is 7.03. The number of hydrogen-bond acceptors (Lipinski definition) is 8. The van der Waals surface area contributed by atoms with Gasteiger partial charge in [-0.2, -0.15) is 0 Å². The molecular weight excluding hydrogens is 396 g/mol. The quantitative estimate of drug-likeness (QED) is 0.513. The first-order chi connectivity index (χ1) is 14.0. The molecule has 1 aromatic carbocycles. The first-order valence-electron chi connectivity index (χ1n) is 8.39. The van der Waals surface area contributed by atoms with E-state index in [-0.39, 0.29) is 4.91 Å². The number of thioether (sulfide) groups is 1. The van der Waals surface area contributed by atoms with Crippen molar-refractivity contribution in [1.29, 1.82) is 0 Å². The lowest BCUT2D eigenvalue weighted by Gasteiger charge is -2.09. The minimum atomic E-state index is -0.501. The van der Waals surface area contributed by atoms with Gasteiger partial charge in [-0.3, -0.25) is 19.9 Å². The molecule has 3 aromatic rings. The number of imide groups is 1. The average molecular weight is 410 g/mol. The fourth-order valence-corrected chi connectivity index (χ4v) is 3.61. The number of carbonyl (C=O) groups is 3. The van der Waals surface area contributed by atoms with Gasteiger partial charge in [-0.05, 0) is 35.5 Å². The lowest BCUT2D eigenvalue weighted by Crippen LogP contribution is -2.17. The summed E-state index contributed by atoms with van der Waals surface area (Å²) in [6.45, 7) is 0. The zero-order chi connectivity index (χ0) is 20.5. The van der Waals surface area contributed by atoms with E-state index in [1.807, 2.05) is 0 Å². The van der Waals surface area contributed by atoms with Crippen molar-refractivity contribution in [2.45, 2.75) is 0 Å². The van der Waals surface area contributed by atoms with Crippen LogP contribution in [0.5, 0.6) is 5.75 Å². The molecule has 1 aliphatic rings. The molecule has 2 amide bonds. The number of amides is 2. The highest BCUT2D eigenvalue weighted by Crippen LogP contribution is 2.35. The number of carbonyl (C=O) groups excluding carboxylic acids is 3. The molecule has 3 heterocycles. The normalized spacial score (nSPS) is 15.0. The van der Waals surface area contributed by atoms with Crippen LogP contribution in [0.25, 0.3) is 28.2 Å². The van der Waals surface area contributed by atoms with Gasteiger partial charge in [0, 0.05) is 29.4 Å². The van der Waals surface area contributed by atoms with Crippen LogP contribution in [-0.2, 0) is 9.53 Å². The van der Waals surface area contributed by atoms with E-state index in [2.05, 4.69) is 10.3 Å². The Morgan fingerprint density at radius 1 is 1.21 bits per heavy atom. The van der Waals surface area contributed by atoms with Crippen molar-refractivity contribution in [3.63, 3.8) is 0 Å². The van der Waals surface area contributed by atoms with Crippen molar-refractivity contribution < 1.29 is 28.3 Å². The molecule has 8 nitrogen and oxygen atoms in total. The molecule has 0 saturated carbocycles. The molecule has 1 fully saturated rings. The first kappa shape index (κ1) is 18.8. The Morgan fingerprint density at radius 2 is 2.03 bits per heavy atom. The van der Waals surface area contributed by atoms with Crippen LogP contribution in [0, 0.1) is 0 Å². The molecule has 0 unspecified atom stereocenters. The van der Waals surface area contributed by atoms with Gasteiger partial charge in [0.25, 0.3) is 11.1 Å². The highest BCUT2D eigenvalue weighted by Gasteiger charge is 2.25. The van der Waals surface area contributed by atoms with Crippen LogP contribution in [0.3, 0.4) is 0 Å². The van der Waals surface area contributed by atoms with E-state index in [4.69, 9.17) is 13.9 Å². The summed E-state index contributed by atoms with van der Waals surface area (Å²) in [7, 11) is 2.77. The van der Waals surface area contributed by atoms with Gasteiger partial charge in [-0.1, -0.05) is 6.07 Å². The number of rotatable bonds is 4. The number of ether oxygens (including phenoxy) is 2. The molecule has 9 heteroatoms. The molecule has 1 N–H and O–H groups in total. The summed E-state index contributed by atoms with van der Waals surface area (Å²) in [5.74, 6) is -0.182. The Bertz CT molecular complexity index is 1200. The monoisotopic (exact) mass is 410 g/mol. The van der Waals surface area contributed by atoms with Crippen molar-refractivity contribution in [2.75, 3.05) is 14.2 Å². The van der Waals surface area contributed by atoms with Crippen molar-refractivity contribution in [2.24, 2.45) is 0 Å². The number of aromatic nitrogens is 1. The van der Waals surface area contributed by atoms with E-state index in [9.17, 15) is 14.4 Å². The number of furan rings is 1. The van der Waals surface area contributed by atoms with Crippen molar-refractivity contribution >= 4 is 45.9 Å². The summed E-state index contributed by atoms with van der Waals surface area (Å²) in [5, 5.41) is 2.50. The maximum absolute atomic E-state index is 11.9. The maximum Gasteiger partial charge on any atom is 0.341 e. The number of methoxy groups -OCH3 is 2. The van der Waals surface area contributed by atoms with Crippen LogP contribution in [-0.4, -0.2) is 36.3 Å². The molecule has 29 heavy (non-hydrogen) atoms. The third kappa shape index (κ3) is 3.47. The zero-order valence-electron chi connectivity index (χ0n) is 15.3. The van der Waals surface area contributed by atoms with Gasteiger partial charge in [0.05, 0.1) is 19.1 Å².